The Morgan fingerprint density at radius 2 is 2.05 bits per heavy atom. The molecule has 0 aliphatic heterocycles. The summed E-state index contributed by atoms with van der Waals surface area (Å²) in [5.41, 5.74) is 2.36. The van der Waals surface area contributed by atoms with E-state index in [1.807, 2.05) is 0 Å². The summed E-state index contributed by atoms with van der Waals surface area (Å²) in [7, 11) is 1.57. The van der Waals surface area contributed by atoms with Gasteiger partial charge in [-0.05, 0) is 37.3 Å². The van der Waals surface area contributed by atoms with Gasteiger partial charge in [-0.15, -0.1) is 0 Å². The van der Waals surface area contributed by atoms with Crippen LogP contribution in [0, 0.1) is 6.92 Å². The molecule has 3 aromatic rings. The van der Waals surface area contributed by atoms with Crippen molar-refractivity contribution in [2.24, 2.45) is 0 Å². The predicted molar refractivity (Wildman–Crippen MR) is 81.1 cm³/mol. The Bertz CT molecular complexity index is 834. The molecule has 0 aliphatic rings. The normalized spacial score (nSPS) is 10.9. The SMILES string of the molecule is COc1ccc(C(=O)c2cc3c(CO)cnc(C)c3o2)cc1. The molecule has 1 N–H and O–H groups in total. The third-order valence-corrected chi connectivity index (χ3v) is 3.57. The second kappa shape index (κ2) is 5.61. The summed E-state index contributed by atoms with van der Waals surface area (Å²) in [6, 6.07) is 8.48. The summed E-state index contributed by atoms with van der Waals surface area (Å²) >= 11 is 0. The van der Waals surface area contributed by atoms with Gasteiger partial charge in [-0.1, -0.05) is 0 Å². The average Bonchev–Trinajstić information content (AvgIpc) is 3.01. The summed E-state index contributed by atoms with van der Waals surface area (Å²) < 4.78 is 10.7. The maximum absolute atomic E-state index is 12.5. The minimum absolute atomic E-state index is 0.153. The zero-order valence-corrected chi connectivity index (χ0v) is 12.3. The molecule has 5 nitrogen and oxygen atoms in total. The van der Waals surface area contributed by atoms with E-state index in [1.54, 1.807) is 50.6 Å². The molecule has 0 bridgehead atoms. The highest BCUT2D eigenvalue weighted by Gasteiger charge is 2.17. The van der Waals surface area contributed by atoms with Crippen molar-refractivity contribution in [3.05, 3.63) is 59.1 Å². The lowest BCUT2D eigenvalue weighted by atomic mass is 10.1. The molecular weight excluding hydrogens is 282 g/mol. The number of hydrogen-bond donors (Lipinski definition) is 1. The van der Waals surface area contributed by atoms with Crippen LogP contribution >= 0.6 is 0 Å². The smallest absolute Gasteiger partial charge is 0.228 e. The summed E-state index contributed by atoms with van der Waals surface area (Å²) in [6.07, 6.45) is 1.59. The van der Waals surface area contributed by atoms with Gasteiger partial charge in [0.25, 0.3) is 0 Å². The van der Waals surface area contributed by atoms with Gasteiger partial charge in [0.15, 0.2) is 11.3 Å². The summed E-state index contributed by atoms with van der Waals surface area (Å²) in [6.45, 7) is 1.65. The molecule has 5 heteroatoms. The highest BCUT2D eigenvalue weighted by Crippen LogP contribution is 2.26. The third-order valence-electron chi connectivity index (χ3n) is 3.57. The number of hydrogen-bond acceptors (Lipinski definition) is 5. The van der Waals surface area contributed by atoms with Crippen molar-refractivity contribution in [2.45, 2.75) is 13.5 Å². The van der Waals surface area contributed by atoms with Gasteiger partial charge in [-0.25, -0.2) is 0 Å². The van der Waals surface area contributed by atoms with E-state index in [9.17, 15) is 9.90 Å². The van der Waals surface area contributed by atoms with Crippen molar-refractivity contribution >= 4 is 16.8 Å². The first kappa shape index (κ1) is 14.3. The first-order chi connectivity index (χ1) is 10.6. The molecule has 1 aromatic carbocycles. The first-order valence-corrected chi connectivity index (χ1v) is 6.81. The lowest BCUT2D eigenvalue weighted by Crippen LogP contribution is -1.99. The number of fused-ring (bicyclic) bond motifs is 1. The van der Waals surface area contributed by atoms with Gasteiger partial charge in [-0.2, -0.15) is 0 Å². The Kier molecular flexibility index (Phi) is 3.65. The van der Waals surface area contributed by atoms with Crippen LogP contribution in [0.25, 0.3) is 11.0 Å². The van der Waals surface area contributed by atoms with E-state index in [4.69, 9.17) is 9.15 Å². The predicted octanol–water partition coefficient (Wildman–Crippen LogP) is 2.87. The minimum Gasteiger partial charge on any atom is -0.497 e. The first-order valence-electron chi connectivity index (χ1n) is 6.81. The summed E-state index contributed by atoms with van der Waals surface area (Å²) in [5.74, 6) is 0.692. The molecule has 22 heavy (non-hydrogen) atoms. The Morgan fingerprint density at radius 1 is 1.32 bits per heavy atom. The molecule has 0 unspecified atom stereocenters. The van der Waals surface area contributed by atoms with Crippen molar-refractivity contribution in [3.8, 4) is 5.75 Å². The van der Waals surface area contributed by atoms with E-state index in [0.29, 0.717) is 33.5 Å². The van der Waals surface area contributed by atoms with Gasteiger partial charge in [0.1, 0.15) is 5.75 Å². The van der Waals surface area contributed by atoms with Gasteiger partial charge >= 0.3 is 0 Å². The number of carbonyl (C=O) groups excluding carboxylic acids is 1. The van der Waals surface area contributed by atoms with Crippen LogP contribution in [0.1, 0.15) is 27.4 Å². The zero-order chi connectivity index (χ0) is 15.7. The Balaban J connectivity index is 2.05. The van der Waals surface area contributed by atoms with Crippen molar-refractivity contribution in [1.82, 2.24) is 4.98 Å². The molecule has 0 saturated carbocycles. The van der Waals surface area contributed by atoms with Crippen LogP contribution in [-0.4, -0.2) is 23.0 Å². The number of methoxy groups -OCH3 is 1. The number of rotatable bonds is 4. The third kappa shape index (κ3) is 2.35. The van der Waals surface area contributed by atoms with E-state index in [0.717, 1.165) is 0 Å². The number of ketones is 1. The fourth-order valence-electron chi connectivity index (χ4n) is 2.32. The highest BCUT2D eigenvalue weighted by molar-refractivity contribution is 6.09. The van der Waals surface area contributed by atoms with Crippen molar-refractivity contribution in [2.75, 3.05) is 7.11 Å². The van der Waals surface area contributed by atoms with E-state index in [1.165, 1.54) is 0 Å². The number of ether oxygens (including phenoxy) is 1. The van der Waals surface area contributed by atoms with Crippen LogP contribution < -0.4 is 4.74 Å². The number of aromatic nitrogens is 1. The lowest BCUT2D eigenvalue weighted by Gasteiger charge is -2.00. The molecule has 0 fully saturated rings. The number of benzene rings is 1. The Hall–Kier alpha value is -2.66. The molecule has 0 aliphatic carbocycles. The molecule has 0 spiro atoms. The van der Waals surface area contributed by atoms with Gasteiger partial charge in [0, 0.05) is 22.7 Å². The molecule has 2 aromatic heterocycles. The number of pyridine rings is 1. The van der Waals surface area contributed by atoms with Crippen LogP contribution in [0.15, 0.2) is 40.9 Å². The van der Waals surface area contributed by atoms with Gasteiger partial charge in [-0.3, -0.25) is 9.78 Å². The lowest BCUT2D eigenvalue weighted by molar-refractivity contribution is 0.101. The molecule has 112 valence electrons. The highest BCUT2D eigenvalue weighted by atomic mass is 16.5. The minimum atomic E-state index is -0.220. The molecule has 0 amide bonds. The molecular formula is C17H15NO4. The molecule has 2 heterocycles. The second-order valence-electron chi connectivity index (χ2n) is 4.94. The maximum atomic E-state index is 12.5. The quantitative estimate of drug-likeness (QED) is 0.750. The van der Waals surface area contributed by atoms with Crippen LogP contribution in [0.2, 0.25) is 0 Å². The summed E-state index contributed by atoms with van der Waals surface area (Å²) in [4.78, 5) is 16.7. The average molecular weight is 297 g/mol. The van der Waals surface area contributed by atoms with Crippen LogP contribution in [0.3, 0.4) is 0 Å². The molecule has 0 radical (unpaired) electrons. The van der Waals surface area contributed by atoms with E-state index >= 15 is 0 Å². The number of furan rings is 1. The fourth-order valence-corrected chi connectivity index (χ4v) is 2.32. The van der Waals surface area contributed by atoms with E-state index in [2.05, 4.69) is 4.98 Å². The van der Waals surface area contributed by atoms with Crippen LogP contribution in [0.4, 0.5) is 0 Å². The number of nitrogens with zero attached hydrogens (tertiary/aromatic N) is 1. The standard InChI is InChI=1S/C17H15NO4/c1-10-17-14(12(9-19)8-18-10)7-15(22-17)16(20)11-3-5-13(21-2)6-4-11/h3-8,19H,9H2,1-2H3. The molecule has 0 saturated heterocycles. The van der Waals surface area contributed by atoms with Gasteiger partial charge < -0.3 is 14.3 Å². The van der Waals surface area contributed by atoms with Crippen LogP contribution in [0.5, 0.6) is 5.75 Å². The summed E-state index contributed by atoms with van der Waals surface area (Å²) in [5, 5.41) is 10.1. The fraction of sp³-hybridized carbons (Fsp3) is 0.176. The van der Waals surface area contributed by atoms with Crippen molar-refractivity contribution < 1.29 is 19.1 Å². The monoisotopic (exact) mass is 297 g/mol. The Labute approximate surface area is 127 Å². The Morgan fingerprint density at radius 3 is 2.68 bits per heavy atom. The largest absolute Gasteiger partial charge is 0.497 e. The molecule has 3 rings (SSSR count). The number of aryl methyl sites for hydroxylation is 1. The number of aliphatic hydroxyl groups excluding tert-OH is 1. The van der Waals surface area contributed by atoms with E-state index < -0.39 is 0 Å². The maximum Gasteiger partial charge on any atom is 0.228 e. The van der Waals surface area contributed by atoms with Crippen molar-refractivity contribution in [3.63, 3.8) is 0 Å². The van der Waals surface area contributed by atoms with Crippen molar-refractivity contribution in [1.29, 1.82) is 0 Å². The zero-order valence-electron chi connectivity index (χ0n) is 12.3. The van der Waals surface area contributed by atoms with E-state index in [-0.39, 0.29) is 18.2 Å². The molecule has 0 atom stereocenters. The van der Waals surface area contributed by atoms with Gasteiger partial charge in [0.05, 0.1) is 19.4 Å². The number of carbonyl (C=O) groups is 1. The second-order valence-corrected chi connectivity index (χ2v) is 4.94. The topological polar surface area (TPSA) is 72.6 Å². The van der Waals surface area contributed by atoms with Crippen LogP contribution in [-0.2, 0) is 6.61 Å². The number of aliphatic hydroxyl groups is 1. The van der Waals surface area contributed by atoms with Gasteiger partial charge in [0.2, 0.25) is 5.78 Å².